The number of rotatable bonds is 6. The van der Waals surface area contributed by atoms with E-state index in [1.165, 1.54) is 16.1 Å². The fourth-order valence-electron chi connectivity index (χ4n) is 4.47. The fraction of sp³-hybridized carbons (Fsp3) is 0.522. The minimum absolute atomic E-state index is 0.152. The Hall–Kier alpha value is -2.23. The van der Waals surface area contributed by atoms with Crippen LogP contribution < -0.4 is 4.90 Å². The zero-order chi connectivity index (χ0) is 23.6. The molecule has 1 amide bonds. The Morgan fingerprint density at radius 1 is 1.06 bits per heavy atom. The lowest BCUT2D eigenvalue weighted by molar-refractivity contribution is 0.0692. The van der Waals surface area contributed by atoms with Crippen molar-refractivity contribution in [3.63, 3.8) is 0 Å². The molecule has 2 aromatic rings. The molecule has 1 aliphatic heterocycles. The second-order valence-electron chi connectivity index (χ2n) is 8.37. The van der Waals surface area contributed by atoms with Gasteiger partial charge >= 0.3 is 0 Å². The van der Waals surface area contributed by atoms with Gasteiger partial charge in [-0.3, -0.25) is 4.79 Å². The number of fused-ring (bicyclic) bond motifs is 1. The van der Waals surface area contributed by atoms with Crippen LogP contribution in [0.4, 0.5) is 5.95 Å². The minimum atomic E-state index is -3.61. The molecule has 0 radical (unpaired) electrons. The first-order valence-corrected chi connectivity index (χ1v) is 13.4. The Morgan fingerprint density at radius 2 is 1.73 bits per heavy atom. The van der Waals surface area contributed by atoms with E-state index in [2.05, 4.69) is 9.97 Å². The molecule has 33 heavy (non-hydrogen) atoms. The summed E-state index contributed by atoms with van der Waals surface area (Å²) in [6.45, 7) is 6.44. The monoisotopic (exact) mass is 491 g/mol. The summed E-state index contributed by atoms with van der Waals surface area (Å²) >= 11 is 6.24. The van der Waals surface area contributed by atoms with Gasteiger partial charge in [-0.2, -0.15) is 4.31 Å². The van der Waals surface area contributed by atoms with Crippen molar-refractivity contribution in [3.05, 3.63) is 46.2 Å². The molecule has 178 valence electrons. The highest BCUT2D eigenvalue weighted by Crippen LogP contribution is 2.27. The number of hydrogen-bond donors (Lipinski definition) is 0. The van der Waals surface area contributed by atoms with Crippen molar-refractivity contribution in [1.82, 2.24) is 19.2 Å². The molecule has 0 saturated carbocycles. The van der Waals surface area contributed by atoms with Crippen LogP contribution in [0.15, 0.2) is 29.3 Å². The molecule has 2 aliphatic rings. The molecule has 1 aliphatic carbocycles. The molecule has 0 unspecified atom stereocenters. The number of carbonyl (C=O) groups is 1. The van der Waals surface area contributed by atoms with Crippen molar-refractivity contribution in [2.24, 2.45) is 0 Å². The molecule has 8 nitrogen and oxygen atoms in total. The number of halogens is 1. The smallest absolute Gasteiger partial charge is 0.274 e. The molecular weight excluding hydrogens is 462 g/mol. The van der Waals surface area contributed by atoms with Gasteiger partial charge in [0.1, 0.15) is 0 Å². The van der Waals surface area contributed by atoms with Crippen LogP contribution in [0, 0.1) is 0 Å². The van der Waals surface area contributed by atoms with Crippen LogP contribution in [0.3, 0.4) is 0 Å². The van der Waals surface area contributed by atoms with Gasteiger partial charge in [0.25, 0.3) is 5.91 Å². The summed E-state index contributed by atoms with van der Waals surface area (Å²) in [5.74, 6) is 0.156. The summed E-state index contributed by atoms with van der Waals surface area (Å²) in [6.07, 6.45) is 5.64. The van der Waals surface area contributed by atoms with Crippen LogP contribution in [0.25, 0.3) is 0 Å². The lowest BCUT2D eigenvalue weighted by Crippen LogP contribution is -2.50. The summed E-state index contributed by atoms with van der Waals surface area (Å²) in [4.78, 5) is 25.7. The summed E-state index contributed by atoms with van der Waals surface area (Å²) in [5, 5.41) is 0.194. The average Bonchev–Trinajstić information content (AvgIpc) is 2.85. The molecule has 2 heterocycles. The van der Waals surface area contributed by atoms with Gasteiger partial charge in [0, 0.05) is 39.3 Å². The number of nitrogens with zero attached hydrogens (tertiary/aromatic N) is 5. The molecule has 1 saturated heterocycles. The fourth-order valence-corrected chi connectivity index (χ4v) is 6.11. The molecule has 10 heteroatoms. The van der Waals surface area contributed by atoms with Gasteiger partial charge in [-0.15, -0.1) is 0 Å². The van der Waals surface area contributed by atoms with E-state index in [-0.39, 0.29) is 42.8 Å². The predicted octanol–water partition coefficient (Wildman–Crippen LogP) is 3.00. The van der Waals surface area contributed by atoms with Crippen LogP contribution in [0.2, 0.25) is 5.02 Å². The minimum Gasteiger partial charge on any atom is -0.341 e. The van der Waals surface area contributed by atoms with Gasteiger partial charge in [-0.25, -0.2) is 18.4 Å². The van der Waals surface area contributed by atoms with Gasteiger partial charge in [0.05, 0.1) is 16.1 Å². The van der Waals surface area contributed by atoms with Crippen LogP contribution in [-0.2, 0) is 22.9 Å². The zero-order valence-corrected chi connectivity index (χ0v) is 20.7. The highest BCUT2D eigenvalue weighted by atomic mass is 35.5. The number of piperazine rings is 1. The topological polar surface area (TPSA) is 86.7 Å². The molecular formula is C23H30ClN5O3S. The van der Waals surface area contributed by atoms with Crippen molar-refractivity contribution in [2.75, 3.05) is 44.2 Å². The molecule has 1 aromatic heterocycles. The van der Waals surface area contributed by atoms with E-state index in [0.29, 0.717) is 23.9 Å². The maximum Gasteiger partial charge on any atom is 0.274 e. The average molecular weight is 492 g/mol. The van der Waals surface area contributed by atoms with E-state index in [0.717, 1.165) is 31.2 Å². The van der Waals surface area contributed by atoms with Gasteiger partial charge in [0.15, 0.2) is 5.69 Å². The van der Waals surface area contributed by atoms with E-state index in [1.54, 1.807) is 11.0 Å². The second kappa shape index (κ2) is 9.95. The lowest BCUT2D eigenvalue weighted by Gasteiger charge is -2.34. The predicted molar refractivity (Wildman–Crippen MR) is 128 cm³/mol. The Labute approximate surface area is 200 Å². The summed E-state index contributed by atoms with van der Waals surface area (Å²) < 4.78 is 27.9. The second-order valence-corrected chi connectivity index (χ2v) is 10.7. The number of anilines is 1. The Kier molecular flexibility index (Phi) is 7.21. The molecule has 1 fully saturated rings. The first kappa shape index (κ1) is 23.9. The standard InChI is InChI=1S/C23H30ClN5O3S/c1-3-27(4-2)23-25-16-20(24)21(26-23)22(30)28-11-13-29(14-12-28)33(31,32)19-10-9-17-7-5-6-8-18(17)15-19/h9-10,15-16H,3-8,11-14H2,1-2H3. The number of aryl methyl sites for hydroxylation is 2. The first-order chi connectivity index (χ1) is 15.8. The van der Waals surface area contributed by atoms with Crippen molar-refractivity contribution < 1.29 is 13.2 Å². The maximum atomic E-state index is 13.2. The maximum absolute atomic E-state index is 13.2. The summed E-state index contributed by atoms with van der Waals surface area (Å²) in [6, 6.07) is 5.49. The van der Waals surface area contributed by atoms with E-state index in [4.69, 9.17) is 11.6 Å². The lowest BCUT2D eigenvalue weighted by atomic mass is 9.92. The van der Waals surface area contributed by atoms with Crippen LogP contribution in [-0.4, -0.2) is 72.8 Å². The number of benzene rings is 1. The Bertz CT molecular complexity index is 1130. The summed E-state index contributed by atoms with van der Waals surface area (Å²) in [7, 11) is -3.61. The van der Waals surface area contributed by atoms with Crippen LogP contribution in [0.5, 0.6) is 0 Å². The van der Waals surface area contributed by atoms with Crippen LogP contribution >= 0.6 is 11.6 Å². The quantitative estimate of drug-likeness (QED) is 0.617. The Balaban J connectivity index is 1.46. The van der Waals surface area contributed by atoms with E-state index >= 15 is 0 Å². The number of aromatic nitrogens is 2. The molecule has 0 bridgehead atoms. The van der Waals surface area contributed by atoms with Gasteiger partial charge in [-0.05, 0) is 62.8 Å². The zero-order valence-electron chi connectivity index (χ0n) is 19.1. The third kappa shape index (κ3) is 4.85. The Morgan fingerprint density at radius 3 is 2.39 bits per heavy atom. The SMILES string of the molecule is CCN(CC)c1ncc(Cl)c(C(=O)N2CCN(S(=O)(=O)c3ccc4c(c3)CCCC4)CC2)n1. The van der Waals surface area contributed by atoms with Crippen LogP contribution in [0.1, 0.15) is 48.3 Å². The first-order valence-electron chi connectivity index (χ1n) is 11.5. The normalized spacial score (nSPS) is 17.0. The van der Waals surface area contributed by atoms with E-state index in [1.807, 2.05) is 30.9 Å². The number of carbonyl (C=O) groups excluding carboxylic acids is 1. The third-order valence-electron chi connectivity index (χ3n) is 6.46. The molecule has 0 atom stereocenters. The molecule has 4 rings (SSSR count). The largest absolute Gasteiger partial charge is 0.341 e. The molecule has 0 spiro atoms. The molecule has 0 N–H and O–H groups in total. The highest BCUT2D eigenvalue weighted by molar-refractivity contribution is 7.89. The number of amides is 1. The van der Waals surface area contributed by atoms with Gasteiger partial charge < -0.3 is 9.80 Å². The molecule has 1 aromatic carbocycles. The van der Waals surface area contributed by atoms with Crippen molar-refractivity contribution >= 4 is 33.5 Å². The number of sulfonamides is 1. The summed E-state index contributed by atoms with van der Waals surface area (Å²) in [5.41, 5.74) is 2.54. The van der Waals surface area contributed by atoms with Crippen molar-refractivity contribution in [3.8, 4) is 0 Å². The third-order valence-corrected chi connectivity index (χ3v) is 8.64. The van der Waals surface area contributed by atoms with E-state index < -0.39 is 10.0 Å². The highest BCUT2D eigenvalue weighted by Gasteiger charge is 2.32. The van der Waals surface area contributed by atoms with Crippen molar-refractivity contribution in [2.45, 2.75) is 44.4 Å². The van der Waals surface area contributed by atoms with Gasteiger partial charge in [-0.1, -0.05) is 17.7 Å². The van der Waals surface area contributed by atoms with Gasteiger partial charge in [0.2, 0.25) is 16.0 Å². The van der Waals surface area contributed by atoms with E-state index in [9.17, 15) is 13.2 Å². The number of hydrogen-bond acceptors (Lipinski definition) is 6. The van der Waals surface area contributed by atoms with Crippen molar-refractivity contribution in [1.29, 1.82) is 0 Å².